The molecule has 0 bridgehead atoms. The van der Waals surface area contributed by atoms with E-state index in [0.29, 0.717) is 11.7 Å². The average Bonchev–Trinajstić information content (AvgIpc) is 2.52. The minimum atomic E-state index is 0.136. The van der Waals surface area contributed by atoms with Crippen molar-refractivity contribution in [3.8, 4) is 0 Å². The highest BCUT2D eigenvalue weighted by Gasteiger charge is 2.17. The molecule has 2 aromatic rings. The zero-order chi connectivity index (χ0) is 17.7. The van der Waals surface area contributed by atoms with Gasteiger partial charge in [0.05, 0.1) is 6.04 Å². The number of nitrogens with one attached hydrogen (secondary N) is 2. The van der Waals surface area contributed by atoms with Gasteiger partial charge in [0.1, 0.15) is 0 Å². The van der Waals surface area contributed by atoms with E-state index in [4.69, 9.17) is 23.8 Å². The molecular weight excluding hydrogens is 338 g/mol. The highest BCUT2D eigenvalue weighted by molar-refractivity contribution is 7.80. The van der Waals surface area contributed by atoms with Crippen molar-refractivity contribution >= 4 is 34.6 Å². The number of hydrogen-bond donors (Lipinski definition) is 2. The molecule has 0 unspecified atom stereocenters. The van der Waals surface area contributed by atoms with Gasteiger partial charge >= 0.3 is 0 Å². The van der Waals surface area contributed by atoms with Crippen molar-refractivity contribution in [1.29, 1.82) is 0 Å². The molecule has 0 aliphatic rings. The smallest absolute Gasteiger partial charge is 0.170 e. The summed E-state index contributed by atoms with van der Waals surface area (Å²) >= 11 is 11.8. The summed E-state index contributed by atoms with van der Waals surface area (Å²) < 4.78 is 0. The molecule has 0 aliphatic carbocycles. The standard InChI is InChI=1S/C19H24ClN3S/c1-13-9-10-14(2)17(11-13)22-19(24)21-12-18(23(3)4)15-7-5-6-8-16(15)20/h5-11,18H,12H2,1-4H3,(H2,21,22,24)/t18-/m0/s1. The lowest BCUT2D eigenvalue weighted by atomic mass is 10.1. The Bertz CT molecular complexity index is 716. The normalized spacial score (nSPS) is 12.1. The number of nitrogens with zero attached hydrogens (tertiary/aromatic N) is 1. The highest BCUT2D eigenvalue weighted by Crippen LogP contribution is 2.25. The van der Waals surface area contributed by atoms with Crippen LogP contribution in [0.5, 0.6) is 0 Å². The Morgan fingerprint density at radius 1 is 1.17 bits per heavy atom. The lowest BCUT2D eigenvalue weighted by molar-refractivity contribution is 0.299. The van der Waals surface area contributed by atoms with Gasteiger partial charge in [-0.15, -0.1) is 0 Å². The molecule has 1 atom stereocenters. The summed E-state index contributed by atoms with van der Waals surface area (Å²) in [5, 5.41) is 7.97. The molecule has 2 rings (SSSR count). The van der Waals surface area contributed by atoms with Gasteiger partial charge in [-0.3, -0.25) is 0 Å². The number of halogens is 1. The monoisotopic (exact) mass is 361 g/mol. The molecule has 0 heterocycles. The van der Waals surface area contributed by atoms with E-state index in [-0.39, 0.29) is 6.04 Å². The maximum atomic E-state index is 6.34. The van der Waals surface area contributed by atoms with Gasteiger partial charge in [-0.05, 0) is 69.0 Å². The molecule has 128 valence electrons. The number of thiocarbonyl (C=S) groups is 1. The summed E-state index contributed by atoms with van der Waals surface area (Å²) in [7, 11) is 4.08. The number of benzene rings is 2. The zero-order valence-corrected chi connectivity index (χ0v) is 16.1. The molecule has 3 nitrogen and oxygen atoms in total. The zero-order valence-electron chi connectivity index (χ0n) is 14.6. The van der Waals surface area contributed by atoms with Crippen LogP contribution in [-0.2, 0) is 0 Å². The molecule has 2 aromatic carbocycles. The molecule has 0 fully saturated rings. The predicted octanol–water partition coefficient (Wildman–Crippen LogP) is 4.55. The average molecular weight is 362 g/mol. The molecule has 0 radical (unpaired) electrons. The van der Waals surface area contributed by atoms with E-state index in [1.54, 1.807) is 0 Å². The van der Waals surface area contributed by atoms with Crippen LogP contribution in [0.25, 0.3) is 0 Å². The topological polar surface area (TPSA) is 27.3 Å². The van der Waals surface area contributed by atoms with Gasteiger partial charge < -0.3 is 15.5 Å². The van der Waals surface area contributed by atoms with Crippen molar-refractivity contribution in [2.75, 3.05) is 26.0 Å². The fraction of sp³-hybridized carbons (Fsp3) is 0.316. The summed E-state index contributed by atoms with van der Waals surface area (Å²) in [5.41, 5.74) is 4.49. The predicted molar refractivity (Wildman–Crippen MR) is 108 cm³/mol. The first-order valence-electron chi connectivity index (χ1n) is 7.91. The number of likely N-dealkylation sites (N-methyl/N-ethyl adjacent to an activating group) is 1. The molecule has 0 saturated carbocycles. The third kappa shape index (κ3) is 4.94. The highest BCUT2D eigenvalue weighted by atomic mass is 35.5. The maximum Gasteiger partial charge on any atom is 0.170 e. The summed E-state index contributed by atoms with van der Waals surface area (Å²) in [6.07, 6.45) is 0. The Hall–Kier alpha value is -1.62. The van der Waals surface area contributed by atoms with Gasteiger partial charge in [0.15, 0.2) is 5.11 Å². The van der Waals surface area contributed by atoms with E-state index in [2.05, 4.69) is 53.6 Å². The Balaban J connectivity index is 2.03. The fourth-order valence-corrected chi connectivity index (χ4v) is 3.00. The first kappa shape index (κ1) is 18.7. The second-order valence-corrected chi connectivity index (χ2v) is 6.97. The second kappa shape index (κ2) is 8.47. The van der Waals surface area contributed by atoms with E-state index in [0.717, 1.165) is 16.3 Å². The van der Waals surface area contributed by atoms with Crippen molar-refractivity contribution in [3.63, 3.8) is 0 Å². The van der Waals surface area contributed by atoms with Crippen molar-refractivity contribution < 1.29 is 0 Å². The Labute approximate surface area is 155 Å². The third-order valence-corrected chi connectivity index (χ3v) is 4.58. The molecule has 0 aliphatic heterocycles. The molecule has 2 N–H and O–H groups in total. The van der Waals surface area contributed by atoms with Crippen LogP contribution >= 0.6 is 23.8 Å². The molecular formula is C19H24ClN3S. The molecule has 5 heteroatoms. The van der Waals surface area contributed by atoms with E-state index >= 15 is 0 Å². The van der Waals surface area contributed by atoms with Crippen LogP contribution in [0.3, 0.4) is 0 Å². The van der Waals surface area contributed by atoms with Crippen LogP contribution in [0.4, 0.5) is 5.69 Å². The van der Waals surface area contributed by atoms with Crippen molar-refractivity contribution in [2.45, 2.75) is 19.9 Å². The Kier molecular flexibility index (Phi) is 6.60. The van der Waals surface area contributed by atoms with Crippen LogP contribution in [0.2, 0.25) is 5.02 Å². The molecule has 0 saturated heterocycles. The van der Waals surface area contributed by atoms with Crippen LogP contribution in [-0.4, -0.2) is 30.7 Å². The lowest BCUT2D eigenvalue weighted by Crippen LogP contribution is -2.37. The summed E-state index contributed by atoms with van der Waals surface area (Å²) in [6.45, 7) is 4.81. The van der Waals surface area contributed by atoms with Crippen molar-refractivity contribution in [2.24, 2.45) is 0 Å². The Morgan fingerprint density at radius 3 is 2.54 bits per heavy atom. The van der Waals surface area contributed by atoms with Gasteiger partial charge in [0, 0.05) is 17.3 Å². The Morgan fingerprint density at radius 2 is 1.88 bits per heavy atom. The van der Waals surface area contributed by atoms with Gasteiger partial charge in [-0.1, -0.05) is 41.9 Å². The van der Waals surface area contributed by atoms with Gasteiger partial charge in [-0.25, -0.2) is 0 Å². The van der Waals surface area contributed by atoms with Crippen LogP contribution in [0, 0.1) is 13.8 Å². The van der Waals surface area contributed by atoms with E-state index in [9.17, 15) is 0 Å². The SMILES string of the molecule is Cc1ccc(C)c(NC(=S)NC[C@@H](c2ccccc2Cl)N(C)C)c1. The van der Waals surface area contributed by atoms with Gasteiger partial charge in [-0.2, -0.15) is 0 Å². The minimum Gasteiger partial charge on any atom is -0.361 e. The molecule has 24 heavy (non-hydrogen) atoms. The molecule has 0 amide bonds. The largest absolute Gasteiger partial charge is 0.361 e. The van der Waals surface area contributed by atoms with Crippen LogP contribution in [0.1, 0.15) is 22.7 Å². The number of aryl methyl sites for hydroxylation is 2. The number of hydrogen-bond acceptors (Lipinski definition) is 2. The number of anilines is 1. The second-order valence-electron chi connectivity index (χ2n) is 6.15. The fourth-order valence-electron chi connectivity index (χ4n) is 2.54. The summed E-state index contributed by atoms with van der Waals surface area (Å²) in [4.78, 5) is 2.13. The van der Waals surface area contributed by atoms with Gasteiger partial charge in [0.25, 0.3) is 0 Å². The van der Waals surface area contributed by atoms with E-state index in [1.165, 1.54) is 11.1 Å². The van der Waals surface area contributed by atoms with Crippen LogP contribution in [0.15, 0.2) is 42.5 Å². The first-order chi connectivity index (χ1) is 11.4. The maximum absolute atomic E-state index is 6.34. The summed E-state index contributed by atoms with van der Waals surface area (Å²) in [5.74, 6) is 0. The molecule has 0 spiro atoms. The van der Waals surface area contributed by atoms with Crippen molar-refractivity contribution in [1.82, 2.24) is 10.2 Å². The number of rotatable bonds is 5. The minimum absolute atomic E-state index is 0.136. The van der Waals surface area contributed by atoms with E-state index < -0.39 is 0 Å². The molecule has 0 aromatic heterocycles. The van der Waals surface area contributed by atoms with Crippen molar-refractivity contribution in [3.05, 3.63) is 64.2 Å². The van der Waals surface area contributed by atoms with Gasteiger partial charge in [0.2, 0.25) is 0 Å². The van der Waals surface area contributed by atoms with Crippen LogP contribution < -0.4 is 10.6 Å². The van der Waals surface area contributed by atoms with E-state index in [1.807, 2.05) is 32.3 Å². The quantitative estimate of drug-likeness (QED) is 0.764. The summed E-state index contributed by atoms with van der Waals surface area (Å²) in [6, 6.07) is 14.3. The third-order valence-electron chi connectivity index (χ3n) is 3.98. The first-order valence-corrected chi connectivity index (χ1v) is 8.70. The lowest BCUT2D eigenvalue weighted by Gasteiger charge is -2.26.